The molecule has 198 valence electrons. The van der Waals surface area contributed by atoms with Gasteiger partial charge in [0.25, 0.3) is 5.56 Å². The number of benzene rings is 2. The molecule has 0 fully saturated rings. The maximum Gasteiger partial charge on any atom is 0.302 e. The van der Waals surface area contributed by atoms with Gasteiger partial charge in [0, 0.05) is 35.8 Å². The van der Waals surface area contributed by atoms with Crippen LogP contribution < -0.4 is 5.56 Å². The number of esters is 1. The van der Waals surface area contributed by atoms with E-state index >= 15 is 0 Å². The molecule has 0 amide bonds. The fraction of sp³-hybridized carbons (Fsp3) is 0.250. The van der Waals surface area contributed by atoms with Gasteiger partial charge >= 0.3 is 5.97 Å². The van der Waals surface area contributed by atoms with Gasteiger partial charge in [0.15, 0.2) is 5.76 Å². The van der Waals surface area contributed by atoms with Gasteiger partial charge in [-0.25, -0.2) is 13.8 Å². The molecule has 0 spiro atoms. The minimum absolute atomic E-state index is 0.0356. The quantitative estimate of drug-likeness (QED) is 0.309. The van der Waals surface area contributed by atoms with Gasteiger partial charge in [0.2, 0.25) is 5.89 Å². The van der Waals surface area contributed by atoms with Crippen LogP contribution in [0.25, 0.3) is 28.3 Å². The second-order valence-electron chi connectivity index (χ2n) is 9.33. The minimum atomic E-state index is -1.27. The van der Waals surface area contributed by atoms with E-state index in [9.17, 15) is 23.5 Å². The number of aryl methyl sites for hydroxylation is 2. The normalized spacial score (nSPS) is 12.8. The molecule has 0 aliphatic heterocycles. The number of rotatable bonds is 7. The summed E-state index contributed by atoms with van der Waals surface area (Å²) in [6.07, 6.45) is 1.54. The van der Waals surface area contributed by atoms with Crippen LogP contribution in [0.1, 0.15) is 30.9 Å². The molecule has 7 nitrogen and oxygen atoms in total. The number of halogens is 3. The van der Waals surface area contributed by atoms with Gasteiger partial charge in [-0.3, -0.25) is 14.2 Å². The Morgan fingerprint density at radius 3 is 2.45 bits per heavy atom. The van der Waals surface area contributed by atoms with Crippen molar-refractivity contribution in [3.63, 3.8) is 0 Å². The average Bonchev–Trinajstić information content (AvgIpc) is 3.29. The third-order valence-electron chi connectivity index (χ3n) is 6.14. The molecule has 1 unspecified atom stereocenters. The number of carbonyl (C=O) groups is 1. The molecule has 0 aliphatic carbocycles. The lowest BCUT2D eigenvalue weighted by molar-refractivity contribution is -0.143. The molecule has 4 aromatic rings. The van der Waals surface area contributed by atoms with Gasteiger partial charge < -0.3 is 14.3 Å². The number of hydrogen-bond donors (Lipinski definition) is 1. The highest BCUT2D eigenvalue weighted by Gasteiger charge is 2.35. The zero-order valence-corrected chi connectivity index (χ0v) is 21.9. The van der Waals surface area contributed by atoms with Gasteiger partial charge in [-0.1, -0.05) is 11.6 Å². The molecule has 1 atom stereocenters. The molecular formula is C28H25ClF2N2O5. The first-order chi connectivity index (χ1) is 17.9. The number of pyridine rings is 1. The van der Waals surface area contributed by atoms with Gasteiger partial charge in [-0.05, 0) is 62.2 Å². The highest BCUT2D eigenvalue weighted by Crippen LogP contribution is 2.38. The molecule has 0 saturated carbocycles. The number of ether oxygens (including phenoxy) is 1. The van der Waals surface area contributed by atoms with E-state index in [1.54, 1.807) is 25.3 Å². The number of aromatic nitrogens is 2. The Morgan fingerprint density at radius 1 is 1.16 bits per heavy atom. The second-order valence-corrected chi connectivity index (χ2v) is 9.77. The highest BCUT2D eigenvalue weighted by atomic mass is 35.5. The zero-order chi connectivity index (χ0) is 27.8. The summed E-state index contributed by atoms with van der Waals surface area (Å²) in [5, 5.41) is 10.7. The van der Waals surface area contributed by atoms with Crippen molar-refractivity contribution >= 4 is 17.6 Å². The number of aliphatic hydroxyl groups excluding tert-OH is 1. The standard InChI is InChI=1S/C28H25ClF2N2O5/c1-15-9-19(29)10-16(2)25(15)33-12-18(5-8-23(33)36)24-26(21-7-6-20(30)11-22(21)31)38-27(32-24)28(4,13-34)14-37-17(3)35/h5-12,34H,13-14H2,1-4H3. The molecule has 0 radical (unpaired) electrons. The van der Waals surface area contributed by atoms with Crippen molar-refractivity contribution in [2.75, 3.05) is 13.2 Å². The molecule has 2 heterocycles. The summed E-state index contributed by atoms with van der Waals surface area (Å²) in [7, 11) is 0. The summed E-state index contributed by atoms with van der Waals surface area (Å²) >= 11 is 6.17. The van der Waals surface area contributed by atoms with Crippen molar-refractivity contribution < 1.29 is 27.8 Å². The molecule has 10 heteroatoms. The minimum Gasteiger partial charge on any atom is -0.465 e. The molecule has 2 aromatic carbocycles. The van der Waals surface area contributed by atoms with Crippen LogP contribution in [0.3, 0.4) is 0 Å². The van der Waals surface area contributed by atoms with E-state index in [0.717, 1.165) is 17.2 Å². The lowest BCUT2D eigenvalue weighted by atomic mass is 9.93. The third kappa shape index (κ3) is 5.25. The largest absolute Gasteiger partial charge is 0.465 e. The van der Waals surface area contributed by atoms with Gasteiger partial charge in [-0.2, -0.15) is 0 Å². The maximum atomic E-state index is 14.9. The highest BCUT2D eigenvalue weighted by molar-refractivity contribution is 6.30. The molecule has 4 rings (SSSR count). The molecule has 0 bridgehead atoms. The van der Waals surface area contributed by atoms with E-state index in [1.807, 2.05) is 13.8 Å². The molecule has 1 N–H and O–H groups in total. The summed E-state index contributed by atoms with van der Waals surface area (Å²) in [5.74, 6) is -2.31. The number of nitrogens with zero attached hydrogens (tertiary/aromatic N) is 2. The van der Waals surface area contributed by atoms with Crippen LogP contribution in [-0.4, -0.2) is 33.8 Å². The van der Waals surface area contributed by atoms with E-state index in [-0.39, 0.29) is 35.1 Å². The Kier molecular flexibility index (Phi) is 7.53. The van der Waals surface area contributed by atoms with Crippen LogP contribution in [0.2, 0.25) is 5.02 Å². The van der Waals surface area contributed by atoms with Crippen molar-refractivity contribution in [3.8, 4) is 28.3 Å². The first kappa shape index (κ1) is 27.2. The predicted molar refractivity (Wildman–Crippen MR) is 138 cm³/mol. The Bertz CT molecular complexity index is 1570. The van der Waals surface area contributed by atoms with Crippen LogP contribution in [0.4, 0.5) is 8.78 Å². The zero-order valence-electron chi connectivity index (χ0n) is 21.1. The van der Waals surface area contributed by atoms with E-state index in [2.05, 4.69) is 4.98 Å². The Labute approximate surface area is 222 Å². The molecule has 38 heavy (non-hydrogen) atoms. The lowest BCUT2D eigenvalue weighted by Gasteiger charge is -2.22. The SMILES string of the molecule is CC(=O)OCC(C)(CO)c1nc(-c2ccc(=O)n(-c3c(C)cc(Cl)cc3C)c2)c(-c2ccc(F)cc2F)o1. The summed E-state index contributed by atoms with van der Waals surface area (Å²) in [6, 6.07) is 9.32. The average molecular weight is 543 g/mol. The monoisotopic (exact) mass is 542 g/mol. The number of carbonyl (C=O) groups excluding carboxylic acids is 1. The van der Waals surface area contributed by atoms with Crippen LogP contribution in [-0.2, 0) is 14.9 Å². The Morgan fingerprint density at radius 2 is 1.84 bits per heavy atom. The summed E-state index contributed by atoms with van der Waals surface area (Å²) < 4.78 is 41.1. The van der Waals surface area contributed by atoms with Crippen molar-refractivity contribution in [1.82, 2.24) is 9.55 Å². The molecule has 0 aliphatic rings. The second kappa shape index (κ2) is 10.5. The van der Waals surface area contributed by atoms with Crippen LogP contribution in [0.15, 0.2) is 57.9 Å². The number of hydrogen-bond acceptors (Lipinski definition) is 6. The smallest absolute Gasteiger partial charge is 0.302 e. The Hall–Kier alpha value is -3.82. The van der Waals surface area contributed by atoms with Crippen LogP contribution >= 0.6 is 11.6 Å². The number of oxazole rings is 1. The first-order valence-corrected chi connectivity index (χ1v) is 12.0. The molecule has 0 saturated heterocycles. The van der Waals surface area contributed by atoms with Crippen molar-refractivity contribution in [2.24, 2.45) is 0 Å². The van der Waals surface area contributed by atoms with Crippen molar-refractivity contribution in [1.29, 1.82) is 0 Å². The number of aliphatic hydroxyl groups is 1. The summed E-state index contributed by atoms with van der Waals surface area (Å²) in [6.45, 7) is 5.67. The fourth-order valence-electron chi connectivity index (χ4n) is 4.15. The summed E-state index contributed by atoms with van der Waals surface area (Å²) in [5.41, 5.74) is 0.997. The van der Waals surface area contributed by atoms with Gasteiger partial charge in [0.05, 0.1) is 17.9 Å². The summed E-state index contributed by atoms with van der Waals surface area (Å²) in [4.78, 5) is 28.9. The van der Waals surface area contributed by atoms with Gasteiger partial charge in [-0.15, -0.1) is 0 Å². The Balaban J connectivity index is 1.96. The van der Waals surface area contributed by atoms with E-state index in [0.29, 0.717) is 22.3 Å². The third-order valence-corrected chi connectivity index (χ3v) is 6.36. The maximum absolute atomic E-state index is 14.9. The fourth-order valence-corrected chi connectivity index (χ4v) is 4.48. The topological polar surface area (TPSA) is 94.6 Å². The van der Waals surface area contributed by atoms with Crippen molar-refractivity contribution in [2.45, 2.75) is 33.1 Å². The predicted octanol–water partition coefficient (Wildman–Crippen LogP) is 5.52. The van der Waals surface area contributed by atoms with E-state index in [1.165, 1.54) is 29.7 Å². The molecular weight excluding hydrogens is 518 g/mol. The van der Waals surface area contributed by atoms with Gasteiger partial charge in [0.1, 0.15) is 29.4 Å². The van der Waals surface area contributed by atoms with Crippen LogP contribution in [0.5, 0.6) is 0 Å². The van der Waals surface area contributed by atoms with E-state index < -0.39 is 29.6 Å². The van der Waals surface area contributed by atoms with Crippen molar-refractivity contribution in [3.05, 3.63) is 92.7 Å². The molecule has 2 aromatic heterocycles. The van der Waals surface area contributed by atoms with E-state index in [4.69, 9.17) is 20.8 Å². The first-order valence-electron chi connectivity index (χ1n) is 11.6. The van der Waals surface area contributed by atoms with Crippen LogP contribution in [0, 0.1) is 25.5 Å². The lowest BCUT2D eigenvalue weighted by Crippen LogP contribution is -2.33.